The van der Waals surface area contributed by atoms with E-state index in [2.05, 4.69) is 31.0 Å². The van der Waals surface area contributed by atoms with Gasteiger partial charge in [0.1, 0.15) is 5.82 Å². The van der Waals surface area contributed by atoms with Gasteiger partial charge in [0.15, 0.2) is 0 Å². The van der Waals surface area contributed by atoms with E-state index in [9.17, 15) is 4.39 Å². The van der Waals surface area contributed by atoms with Crippen LogP contribution in [0, 0.1) is 5.82 Å². The number of fused-ring (bicyclic) bond motifs is 1. The maximum absolute atomic E-state index is 13.4. The topological polar surface area (TPSA) is 15.3 Å². The van der Waals surface area contributed by atoms with Crippen molar-refractivity contribution in [3.05, 3.63) is 29.6 Å². The van der Waals surface area contributed by atoms with Gasteiger partial charge in [0, 0.05) is 30.9 Å². The normalized spacial score (nSPS) is 16.2. The van der Waals surface area contributed by atoms with Crippen LogP contribution in [-0.4, -0.2) is 25.2 Å². The van der Waals surface area contributed by atoms with Crippen molar-refractivity contribution in [2.24, 2.45) is 0 Å². The van der Waals surface area contributed by atoms with Crippen LogP contribution in [0.4, 0.5) is 10.1 Å². The Bertz CT molecular complexity index is 403. The number of nitrogens with one attached hydrogen (secondary N) is 1. The Balaban J connectivity index is 2.12. The minimum Gasteiger partial charge on any atom is -0.367 e. The summed E-state index contributed by atoms with van der Waals surface area (Å²) in [5.74, 6) is -0.132. The highest BCUT2D eigenvalue weighted by Crippen LogP contribution is 2.30. The van der Waals surface area contributed by atoms with E-state index < -0.39 is 0 Å². The Morgan fingerprint density at radius 1 is 1.39 bits per heavy atom. The molecule has 0 fully saturated rings. The van der Waals surface area contributed by atoms with Gasteiger partial charge >= 0.3 is 0 Å². The Morgan fingerprint density at radius 3 is 2.83 bits per heavy atom. The molecule has 0 spiro atoms. The summed E-state index contributed by atoms with van der Waals surface area (Å²) in [5, 5.41) is 3.48. The van der Waals surface area contributed by atoms with Crippen LogP contribution in [0.25, 0.3) is 0 Å². The lowest BCUT2D eigenvalue weighted by Crippen LogP contribution is -2.43. The molecule has 0 saturated heterocycles. The first kappa shape index (κ1) is 13.3. The summed E-state index contributed by atoms with van der Waals surface area (Å²) in [6.07, 6.45) is 2.11. The molecule has 100 valence electrons. The van der Waals surface area contributed by atoms with Crippen molar-refractivity contribution in [1.82, 2.24) is 5.32 Å². The van der Waals surface area contributed by atoms with E-state index in [-0.39, 0.29) is 5.82 Å². The lowest BCUT2D eigenvalue weighted by molar-refractivity contribution is 0.493. The number of rotatable bonds is 5. The maximum atomic E-state index is 13.4. The number of halogens is 1. The van der Waals surface area contributed by atoms with Crippen LogP contribution < -0.4 is 10.2 Å². The number of anilines is 1. The number of hydrogen-bond donors (Lipinski definition) is 1. The van der Waals surface area contributed by atoms with Crippen molar-refractivity contribution < 1.29 is 4.39 Å². The highest BCUT2D eigenvalue weighted by atomic mass is 19.1. The molecule has 0 bridgehead atoms. The Hall–Kier alpha value is -1.09. The lowest BCUT2D eigenvalue weighted by atomic mass is 10.1. The van der Waals surface area contributed by atoms with Crippen molar-refractivity contribution in [3.63, 3.8) is 0 Å². The SMILES string of the molecule is CCC(CNC(C)C)N1CCc2ccc(F)cc21. The van der Waals surface area contributed by atoms with Crippen LogP contribution in [-0.2, 0) is 6.42 Å². The summed E-state index contributed by atoms with van der Waals surface area (Å²) in [4.78, 5) is 2.35. The molecule has 1 heterocycles. The summed E-state index contributed by atoms with van der Waals surface area (Å²) in [6, 6.07) is 6.12. The van der Waals surface area contributed by atoms with E-state index in [1.54, 1.807) is 12.1 Å². The average Bonchev–Trinajstić information content (AvgIpc) is 2.73. The second-order valence-electron chi connectivity index (χ2n) is 5.34. The Morgan fingerprint density at radius 2 is 2.17 bits per heavy atom. The highest BCUT2D eigenvalue weighted by Gasteiger charge is 2.25. The maximum Gasteiger partial charge on any atom is 0.125 e. The van der Waals surface area contributed by atoms with E-state index in [1.165, 1.54) is 5.56 Å². The molecule has 0 aromatic heterocycles. The van der Waals surface area contributed by atoms with Gasteiger partial charge in [-0.2, -0.15) is 0 Å². The van der Waals surface area contributed by atoms with Crippen LogP contribution in [0.3, 0.4) is 0 Å². The summed E-state index contributed by atoms with van der Waals surface area (Å²) in [7, 11) is 0. The van der Waals surface area contributed by atoms with Crippen LogP contribution in [0.5, 0.6) is 0 Å². The zero-order chi connectivity index (χ0) is 13.1. The molecule has 2 nitrogen and oxygen atoms in total. The van der Waals surface area contributed by atoms with Crippen LogP contribution in [0.2, 0.25) is 0 Å². The molecule has 1 unspecified atom stereocenters. The first-order chi connectivity index (χ1) is 8.61. The molecule has 0 aliphatic carbocycles. The Labute approximate surface area is 109 Å². The predicted octanol–water partition coefficient (Wildman–Crippen LogP) is 2.96. The molecule has 1 aromatic rings. The molecule has 1 atom stereocenters. The fourth-order valence-electron chi connectivity index (χ4n) is 2.60. The van der Waals surface area contributed by atoms with Crippen molar-refractivity contribution >= 4 is 5.69 Å². The van der Waals surface area contributed by atoms with Gasteiger partial charge in [0.25, 0.3) is 0 Å². The molecule has 1 aromatic carbocycles. The van der Waals surface area contributed by atoms with Gasteiger partial charge in [-0.3, -0.25) is 0 Å². The second-order valence-corrected chi connectivity index (χ2v) is 5.34. The van der Waals surface area contributed by atoms with Gasteiger partial charge in [-0.15, -0.1) is 0 Å². The van der Waals surface area contributed by atoms with E-state index in [1.807, 2.05) is 6.07 Å². The third kappa shape index (κ3) is 2.83. The zero-order valence-electron chi connectivity index (χ0n) is 11.5. The molecule has 1 aliphatic heterocycles. The van der Waals surface area contributed by atoms with Crippen molar-refractivity contribution in [2.75, 3.05) is 18.0 Å². The second kappa shape index (κ2) is 5.70. The van der Waals surface area contributed by atoms with Crippen molar-refractivity contribution in [3.8, 4) is 0 Å². The summed E-state index contributed by atoms with van der Waals surface area (Å²) >= 11 is 0. The Kier molecular flexibility index (Phi) is 4.23. The van der Waals surface area contributed by atoms with Crippen LogP contribution >= 0.6 is 0 Å². The molecular formula is C15H23FN2. The van der Waals surface area contributed by atoms with Crippen molar-refractivity contribution in [1.29, 1.82) is 0 Å². The first-order valence-corrected chi connectivity index (χ1v) is 6.90. The summed E-state index contributed by atoms with van der Waals surface area (Å²) in [5.41, 5.74) is 2.37. The fraction of sp³-hybridized carbons (Fsp3) is 0.600. The van der Waals surface area contributed by atoms with Crippen molar-refractivity contribution in [2.45, 2.75) is 45.7 Å². The van der Waals surface area contributed by atoms with Gasteiger partial charge in [0.05, 0.1) is 0 Å². The quantitative estimate of drug-likeness (QED) is 0.864. The molecule has 18 heavy (non-hydrogen) atoms. The van der Waals surface area contributed by atoms with Gasteiger partial charge in [-0.05, 0) is 30.5 Å². The van der Waals surface area contributed by atoms with Crippen LogP contribution in [0.15, 0.2) is 18.2 Å². The molecule has 3 heteroatoms. The van der Waals surface area contributed by atoms with Crippen LogP contribution in [0.1, 0.15) is 32.8 Å². The fourth-order valence-corrected chi connectivity index (χ4v) is 2.60. The third-order valence-electron chi connectivity index (χ3n) is 3.65. The zero-order valence-corrected chi connectivity index (χ0v) is 11.5. The smallest absolute Gasteiger partial charge is 0.125 e. The van der Waals surface area contributed by atoms with Gasteiger partial charge in [0.2, 0.25) is 0 Å². The molecule has 0 saturated carbocycles. The third-order valence-corrected chi connectivity index (χ3v) is 3.65. The first-order valence-electron chi connectivity index (χ1n) is 6.90. The van der Waals surface area contributed by atoms with E-state index >= 15 is 0 Å². The summed E-state index contributed by atoms with van der Waals surface area (Å²) < 4.78 is 13.4. The molecule has 1 aliphatic rings. The average molecular weight is 250 g/mol. The number of hydrogen-bond acceptors (Lipinski definition) is 2. The standard InChI is InChI=1S/C15H23FN2/c1-4-14(10-17-11(2)3)18-8-7-12-5-6-13(16)9-15(12)18/h5-6,9,11,14,17H,4,7-8,10H2,1-3H3. The predicted molar refractivity (Wildman–Crippen MR) is 74.7 cm³/mol. The highest BCUT2D eigenvalue weighted by molar-refractivity contribution is 5.59. The van der Waals surface area contributed by atoms with Gasteiger partial charge in [-0.1, -0.05) is 26.8 Å². The minimum absolute atomic E-state index is 0.132. The minimum atomic E-state index is -0.132. The molecule has 1 N–H and O–H groups in total. The number of nitrogens with zero attached hydrogens (tertiary/aromatic N) is 1. The molecule has 0 radical (unpaired) electrons. The molecular weight excluding hydrogens is 227 g/mol. The van der Waals surface area contributed by atoms with Gasteiger partial charge in [-0.25, -0.2) is 4.39 Å². The van der Waals surface area contributed by atoms with Gasteiger partial charge < -0.3 is 10.2 Å². The van der Waals surface area contributed by atoms with E-state index in [4.69, 9.17) is 0 Å². The monoisotopic (exact) mass is 250 g/mol. The molecule has 0 amide bonds. The number of benzene rings is 1. The summed E-state index contributed by atoms with van der Waals surface area (Å²) in [6.45, 7) is 8.49. The lowest BCUT2D eigenvalue weighted by Gasteiger charge is -2.30. The van der Waals surface area contributed by atoms with E-state index in [0.29, 0.717) is 12.1 Å². The largest absolute Gasteiger partial charge is 0.367 e. The van der Waals surface area contributed by atoms with E-state index in [0.717, 1.165) is 31.6 Å². The molecule has 2 rings (SSSR count).